The Labute approximate surface area is 110 Å². The van der Waals surface area contributed by atoms with Gasteiger partial charge in [0.15, 0.2) is 11.6 Å². The molecule has 100 valence electrons. The Balaban J connectivity index is 2.12. The summed E-state index contributed by atoms with van der Waals surface area (Å²) in [5, 5.41) is 2.99. The van der Waals surface area contributed by atoms with E-state index >= 15 is 0 Å². The lowest BCUT2D eigenvalue weighted by molar-refractivity contribution is 0.612. The lowest BCUT2D eigenvalue weighted by Crippen LogP contribution is -2.15. The van der Waals surface area contributed by atoms with E-state index in [0.29, 0.717) is 18.3 Å². The van der Waals surface area contributed by atoms with Crippen molar-refractivity contribution in [3.63, 3.8) is 0 Å². The number of hydrogen-bond donors (Lipinski definition) is 2. The van der Waals surface area contributed by atoms with Crippen molar-refractivity contribution >= 4 is 17.6 Å². The third kappa shape index (κ3) is 3.06. The molecule has 2 rings (SSSR count). The van der Waals surface area contributed by atoms with Gasteiger partial charge in [0.1, 0.15) is 5.82 Å². The van der Waals surface area contributed by atoms with Crippen LogP contribution in [0.15, 0.2) is 24.5 Å². The number of aromatic nitrogens is 3. The van der Waals surface area contributed by atoms with Crippen LogP contribution in [0.4, 0.5) is 22.0 Å². The van der Waals surface area contributed by atoms with Crippen LogP contribution in [0.2, 0.25) is 0 Å². The Morgan fingerprint density at radius 2 is 2.16 bits per heavy atom. The zero-order chi connectivity index (χ0) is 13.8. The van der Waals surface area contributed by atoms with Crippen LogP contribution in [0.1, 0.15) is 5.56 Å². The number of rotatable bonds is 4. The summed E-state index contributed by atoms with van der Waals surface area (Å²) in [5.74, 6) is 0.561. The van der Waals surface area contributed by atoms with Crippen LogP contribution >= 0.6 is 0 Å². The van der Waals surface area contributed by atoms with Gasteiger partial charge in [0.2, 0.25) is 5.95 Å². The van der Waals surface area contributed by atoms with E-state index < -0.39 is 5.82 Å². The van der Waals surface area contributed by atoms with Crippen LogP contribution in [0.3, 0.4) is 0 Å². The molecule has 2 aromatic heterocycles. The minimum Gasteiger partial charge on any atom is -0.383 e. The fraction of sp³-hybridized carbons (Fsp3) is 0.250. The minimum atomic E-state index is -0.462. The number of nitrogens with zero attached hydrogens (tertiary/aromatic N) is 4. The minimum absolute atomic E-state index is 0.233. The third-order valence-corrected chi connectivity index (χ3v) is 2.51. The molecule has 0 saturated heterocycles. The molecule has 0 aliphatic heterocycles. The fourth-order valence-corrected chi connectivity index (χ4v) is 1.53. The van der Waals surface area contributed by atoms with E-state index in [0.717, 1.165) is 11.8 Å². The molecule has 2 heterocycles. The third-order valence-electron chi connectivity index (χ3n) is 2.51. The standard InChI is InChI=1S/C12H15FN6/c1-19(2)11-9(13)7-17-12(18-11)16-6-8-4-3-5-15-10(8)14/h3-5,7H,6H2,1-2H3,(H2,14,15)(H,16,17,18). The molecule has 0 bridgehead atoms. The molecule has 7 heteroatoms. The molecule has 0 unspecified atom stereocenters. The Kier molecular flexibility index (Phi) is 3.74. The van der Waals surface area contributed by atoms with E-state index in [4.69, 9.17) is 5.73 Å². The van der Waals surface area contributed by atoms with Gasteiger partial charge < -0.3 is 16.0 Å². The van der Waals surface area contributed by atoms with Crippen LogP contribution in [0.25, 0.3) is 0 Å². The van der Waals surface area contributed by atoms with Gasteiger partial charge in [0.05, 0.1) is 6.20 Å². The predicted molar refractivity (Wildman–Crippen MR) is 72.3 cm³/mol. The molecule has 19 heavy (non-hydrogen) atoms. The number of nitrogen functional groups attached to an aromatic ring is 1. The largest absolute Gasteiger partial charge is 0.383 e. The summed E-state index contributed by atoms with van der Waals surface area (Å²) in [7, 11) is 3.43. The molecule has 0 aliphatic carbocycles. The van der Waals surface area contributed by atoms with Crippen LogP contribution in [-0.4, -0.2) is 29.0 Å². The fourth-order valence-electron chi connectivity index (χ4n) is 1.53. The van der Waals surface area contributed by atoms with Crippen molar-refractivity contribution in [2.24, 2.45) is 0 Å². The molecule has 0 saturated carbocycles. The maximum Gasteiger partial charge on any atom is 0.225 e. The molecule has 0 atom stereocenters. The van der Waals surface area contributed by atoms with Crippen LogP contribution in [-0.2, 0) is 6.54 Å². The zero-order valence-corrected chi connectivity index (χ0v) is 10.8. The summed E-state index contributed by atoms with van der Waals surface area (Å²) in [6.45, 7) is 0.429. The van der Waals surface area contributed by atoms with Crippen LogP contribution in [0, 0.1) is 5.82 Å². The molecular weight excluding hydrogens is 247 g/mol. The second-order valence-corrected chi connectivity index (χ2v) is 4.16. The van der Waals surface area contributed by atoms with Crippen molar-refractivity contribution in [1.82, 2.24) is 15.0 Å². The highest BCUT2D eigenvalue weighted by atomic mass is 19.1. The summed E-state index contributed by atoms with van der Waals surface area (Å²) in [5.41, 5.74) is 6.56. The number of pyridine rings is 1. The second-order valence-electron chi connectivity index (χ2n) is 4.16. The van der Waals surface area contributed by atoms with Gasteiger partial charge in [-0.3, -0.25) is 0 Å². The molecule has 0 amide bonds. The van der Waals surface area contributed by atoms with Gasteiger partial charge in [-0.2, -0.15) is 4.98 Å². The van der Waals surface area contributed by atoms with Gasteiger partial charge in [-0.25, -0.2) is 14.4 Å². The summed E-state index contributed by atoms with van der Waals surface area (Å²) in [6.07, 6.45) is 2.76. The smallest absolute Gasteiger partial charge is 0.225 e. The lowest BCUT2D eigenvalue weighted by Gasteiger charge is -2.13. The van der Waals surface area contributed by atoms with E-state index in [9.17, 15) is 4.39 Å². The van der Waals surface area contributed by atoms with Crippen LogP contribution in [0.5, 0.6) is 0 Å². The number of anilines is 3. The predicted octanol–water partition coefficient (Wildman–Crippen LogP) is 1.27. The Morgan fingerprint density at radius 3 is 2.84 bits per heavy atom. The van der Waals surface area contributed by atoms with Crippen molar-refractivity contribution in [3.05, 3.63) is 35.9 Å². The molecular formula is C12H15FN6. The molecule has 0 aromatic carbocycles. The van der Waals surface area contributed by atoms with Gasteiger partial charge in [-0.1, -0.05) is 6.07 Å². The summed E-state index contributed by atoms with van der Waals surface area (Å²) in [4.78, 5) is 13.5. The maximum absolute atomic E-state index is 13.4. The second kappa shape index (κ2) is 5.47. The van der Waals surface area contributed by atoms with E-state index in [2.05, 4.69) is 20.3 Å². The molecule has 0 spiro atoms. The maximum atomic E-state index is 13.4. The molecule has 3 N–H and O–H groups in total. The first-order chi connectivity index (χ1) is 9.08. The molecule has 2 aromatic rings. The van der Waals surface area contributed by atoms with E-state index in [-0.39, 0.29) is 5.82 Å². The number of nitrogens with two attached hydrogens (primary N) is 1. The van der Waals surface area contributed by atoms with Crippen molar-refractivity contribution in [2.45, 2.75) is 6.54 Å². The average Bonchev–Trinajstić information content (AvgIpc) is 2.39. The van der Waals surface area contributed by atoms with E-state index in [1.807, 2.05) is 6.07 Å². The summed E-state index contributed by atoms with van der Waals surface area (Å²) >= 11 is 0. The SMILES string of the molecule is CN(C)c1nc(NCc2cccnc2N)ncc1F. The number of nitrogens with one attached hydrogen (secondary N) is 1. The molecule has 0 aliphatic rings. The van der Waals surface area contributed by atoms with Crippen LogP contribution < -0.4 is 16.0 Å². The van der Waals surface area contributed by atoms with E-state index in [1.165, 1.54) is 0 Å². The molecule has 6 nitrogen and oxygen atoms in total. The first-order valence-electron chi connectivity index (χ1n) is 5.71. The van der Waals surface area contributed by atoms with Gasteiger partial charge in [-0.05, 0) is 6.07 Å². The van der Waals surface area contributed by atoms with Crippen molar-refractivity contribution in [3.8, 4) is 0 Å². The Morgan fingerprint density at radius 1 is 1.37 bits per heavy atom. The highest BCUT2D eigenvalue weighted by Gasteiger charge is 2.08. The first kappa shape index (κ1) is 13.0. The van der Waals surface area contributed by atoms with Crippen molar-refractivity contribution < 1.29 is 4.39 Å². The van der Waals surface area contributed by atoms with Gasteiger partial charge >= 0.3 is 0 Å². The van der Waals surface area contributed by atoms with Gasteiger partial charge in [0.25, 0.3) is 0 Å². The highest BCUT2D eigenvalue weighted by Crippen LogP contribution is 2.15. The lowest BCUT2D eigenvalue weighted by atomic mass is 10.2. The first-order valence-corrected chi connectivity index (χ1v) is 5.71. The molecule has 0 fully saturated rings. The van der Waals surface area contributed by atoms with Crippen molar-refractivity contribution in [2.75, 3.05) is 30.0 Å². The van der Waals surface area contributed by atoms with Gasteiger partial charge in [0, 0.05) is 32.4 Å². The highest BCUT2D eigenvalue weighted by molar-refractivity contribution is 5.44. The number of hydrogen-bond acceptors (Lipinski definition) is 6. The normalized spacial score (nSPS) is 10.3. The zero-order valence-electron chi connectivity index (χ0n) is 10.8. The Bertz CT molecular complexity index is 572. The Hall–Kier alpha value is -2.44. The molecule has 0 radical (unpaired) electrons. The van der Waals surface area contributed by atoms with Gasteiger partial charge in [-0.15, -0.1) is 0 Å². The van der Waals surface area contributed by atoms with Crippen molar-refractivity contribution in [1.29, 1.82) is 0 Å². The summed E-state index contributed by atoms with van der Waals surface area (Å²) in [6, 6.07) is 3.65. The quantitative estimate of drug-likeness (QED) is 0.863. The average molecular weight is 262 g/mol. The summed E-state index contributed by atoms with van der Waals surface area (Å²) < 4.78 is 13.4. The number of halogens is 1. The monoisotopic (exact) mass is 262 g/mol. The van der Waals surface area contributed by atoms with E-state index in [1.54, 1.807) is 31.3 Å². The topological polar surface area (TPSA) is 80.0 Å².